The molecular weight excluding hydrogens is 398 g/mol. The van der Waals surface area contributed by atoms with Gasteiger partial charge in [0.25, 0.3) is 5.91 Å². The number of hydrogen-bond donors (Lipinski definition) is 0. The van der Waals surface area contributed by atoms with Crippen molar-refractivity contribution in [2.75, 3.05) is 0 Å². The zero-order valence-electron chi connectivity index (χ0n) is 18.9. The molecule has 1 atom stereocenters. The van der Waals surface area contributed by atoms with Gasteiger partial charge in [-0.05, 0) is 48.1 Å². The average molecular weight is 430 g/mol. The maximum atomic E-state index is 13.0. The molecule has 0 N–H and O–H groups in total. The molecule has 32 heavy (non-hydrogen) atoms. The fourth-order valence-corrected chi connectivity index (χ4v) is 4.79. The maximum absolute atomic E-state index is 13.0. The molecule has 1 aliphatic heterocycles. The topological polar surface area (TPSA) is 54.5 Å². The number of unbranched alkanes of at least 4 members (excludes halogenated alkanes) is 4. The highest BCUT2D eigenvalue weighted by molar-refractivity contribution is 6.13. The Morgan fingerprint density at radius 1 is 0.906 bits per heavy atom. The molecule has 0 saturated heterocycles. The molecule has 0 radical (unpaired) electrons. The molecule has 1 heterocycles. The first-order valence-electron chi connectivity index (χ1n) is 11.8. The van der Waals surface area contributed by atoms with Crippen molar-refractivity contribution in [2.24, 2.45) is 0 Å². The van der Waals surface area contributed by atoms with Crippen LogP contribution in [0.1, 0.15) is 79.8 Å². The zero-order chi connectivity index (χ0) is 22.7. The number of carbonyl (C=O) groups excluding carboxylic acids is 3. The molecule has 1 aliphatic carbocycles. The van der Waals surface area contributed by atoms with Crippen LogP contribution in [0.2, 0.25) is 0 Å². The smallest absolute Gasteiger partial charge is 0.259 e. The molecule has 2 aromatic carbocycles. The van der Waals surface area contributed by atoms with Gasteiger partial charge in [0.15, 0.2) is 5.78 Å². The minimum Gasteiger partial charge on any atom is -0.299 e. The van der Waals surface area contributed by atoms with Crippen LogP contribution in [0.3, 0.4) is 0 Å². The Balaban J connectivity index is 1.48. The number of nitrogens with zero attached hydrogens (tertiary/aromatic N) is 1. The van der Waals surface area contributed by atoms with Gasteiger partial charge in [-0.1, -0.05) is 69.5 Å². The van der Waals surface area contributed by atoms with Crippen LogP contribution in [0, 0.1) is 0 Å². The molecule has 1 unspecified atom stereocenters. The van der Waals surface area contributed by atoms with E-state index in [0.717, 1.165) is 23.1 Å². The maximum Gasteiger partial charge on any atom is 0.259 e. The number of carbonyl (C=O) groups is 3. The van der Waals surface area contributed by atoms with Crippen molar-refractivity contribution in [3.05, 3.63) is 65.7 Å². The van der Waals surface area contributed by atoms with Gasteiger partial charge >= 0.3 is 0 Å². The molecule has 1 fully saturated rings. The van der Waals surface area contributed by atoms with Crippen LogP contribution in [-0.2, 0) is 16.0 Å². The number of rotatable bonds is 8. The normalized spacial score (nSPS) is 18.4. The summed E-state index contributed by atoms with van der Waals surface area (Å²) in [6.45, 7) is 6.36. The number of aryl methyl sites for hydroxylation is 1. The lowest BCUT2D eigenvalue weighted by molar-refractivity contribution is -0.132. The van der Waals surface area contributed by atoms with Gasteiger partial charge in [0, 0.05) is 23.2 Å². The van der Waals surface area contributed by atoms with Crippen LogP contribution >= 0.6 is 0 Å². The van der Waals surface area contributed by atoms with Crippen molar-refractivity contribution >= 4 is 23.2 Å². The van der Waals surface area contributed by atoms with E-state index in [0.29, 0.717) is 24.1 Å². The van der Waals surface area contributed by atoms with Crippen LogP contribution in [0.4, 0.5) is 0 Å². The first kappa shape index (κ1) is 22.2. The molecule has 166 valence electrons. The average Bonchev–Trinajstić information content (AvgIpc) is 3.04. The van der Waals surface area contributed by atoms with E-state index in [-0.39, 0.29) is 23.9 Å². The molecule has 2 aliphatic rings. The van der Waals surface area contributed by atoms with Crippen molar-refractivity contribution in [1.29, 1.82) is 0 Å². The predicted molar refractivity (Wildman–Crippen MR) is 127 cm³/mol. The standard InChI is InChI=1S/C28H31NO3/c1-3-4-5-6-7-8-20-9-11-21(12-10-20)22-13-15-24-25(17-22)19(2)29(28(24)32)26-16-14-23(30)18-27(26)31/h9-13,15,17,26H,2-8,14,16,18H2,1H3. The van der Waals surface area contributed by atoms with Crippen LogP contribution in [0.5, 0.6) is 0 Å². The molecule has 4 nitrogen and oxygen atoms in total. The fourth-order valence-electron chi connectivity index (χ4n) is 4.79. The zero-order valence-corrected chi connectivity index (χ0v) is 18.9. The van der Waals surface area contributed by atoms with Crippen LogP contribution in [0.25, 0.3) is 16.8 Å². The molecule has 1 amide bonds. The molecule has 2 aromatic rings. The Morgan fingerprint density at radius 2 is 1.62 bits per heavy atom. The van der Waals surface area contributed by atoms with Crippen molar-refractivity contribution in [3.63, 3.8) is 0 Å². The number of fused-ring (bicyclic) bond motifs is 1. The van der Waals surface area contributed by atoms with Crippen molar-refractivity contribution in [2.45, 2.75) is 70.8 Å². The van der Waals surface area contributed by atoms with E-state index < -0.39 is 6.04 Å². The summed E-state index contributed by atoms with van der Waals surface area (Å²) in [7, 11) is 0. The summed E-state index contributed by atoms with van der Waals surface area (Å²) in [4.78, 5) is 38.5. The quantitative estimate of drug-likeness (QED) is 0.383. The summed E-state index contributed by atoms with van der Waals surface area (Å²) in [5.41, 5.74) is 5.38. The van der Waals surface area contributed by atoms with E-state index in [1.807, 2.05) is 18.2 Å². The second-order valence-corrected chi connectivity index (χ2v) is 8.98. The van der Waals surface area contributed by atoms with Crippen molar-refractivity contribution < 1.29 is 14.4 Å². The lowest BCUT2D eigenvalue weighted by atomic mass is 9.91. The molecule has 0 spiro atoms. The largest absolute Gasteiger partial charge is 0.299 e. The summed E-state index contributed by atoms with van der Waals surface area (Å²) in [6.07, 6.45) is 8.12. The fraction of sp³-hybridized carbons (Fsp3) is 0.393. The Kier molecular flexibility index (Phi) is 6.69. The molecule has 4 rings (SSSR count). The van der Waals surface area contributed by atoms with E-state index in [1.165, 1.54) is 42.6 Å². The van der Waals surface area contributed by atoms with Gasteiger partial charge in [-0.2, -0.15) is 0 Å². The lowest BCUT2D eigenvalue weighted by Gasteiger charge is -2.29. The summed E-state index contributed by atoms with van der Waals surface area (Å²) in [5, 5.41) is 0. The van der Waals surface area contributed by atoms with Crippen molar-refractivity contribution in [3.8, 4) is 11.1 Å². The molecule has 0 bridgehead atoms. The second kappa shape index (κ2) is 9.64. The number of hydrogen-bond acceptors (Lipinski definition) is 3. The van der Waals surface area contributed by atoms with Crippen LogP contribution < -0.4 is 0 Å². The summed E-state index contributed by atoms with van der Waals surface area (Å²) in [5.74, 6) is -0.426. The van der Waals surface area contributed by atoms with Crippen LogP contribution in [-0.4, -0.2) is 28.4 Å². The molecule has 4 heteroatoms. The van der Waals surface area contributed by atoms with Gasteiger partial charge in [-0.25, -0.2) is 0 Å². The van der Waals surface area contributed by atoms with Gasteiger partial charge in [-0.15, -0.1) is 0 Å². The van der Waals surface area contributed by atoms with E-state index in [2.05, 4.69) is 37.8 Å². The minimum absolute atomic E-state index is 0.0484. The molecule has 1 saturated carbocycles. The number of ketones is 2. The van der Waals surface area contributed by atoms with Crippen LogP contribution in [0.15, 0.2) is 49.0 Å². The third kappa shape index (κ3) is 4.45. The SMILES string of the molecule is C=C1c2cc(-c3ccc(CCCCCCC)cc3)ccc2C(=O)N1C1CCC(=O)CC1=O. The third-order valence-corrected chi connectivity index (χ3v) is 6.68. The van der Waals surface area contributed by atoms with E-state index >= 15 is 0 Å². The van der Waals surface area contributed by atoms with Gasteiger partial charge < -0.3 is 0 Å². The summed E-state index contributed by atoms with van der Waals surface area (Å²) < 4.78 is 0. The summed E-state index contributed by atoms with van der Waals surface area (Å²) in [6, 6.07) is 13.8. The van der Waals surface area contributed by atoms with Gasteiger partial charge in [-0.3, -0.25) is 19.3 Å². The highest BCUT2D eigenvalue weighted by Gasteiger charge is 2.41. The third-order valence-electron chi connectivity index (χ3n) is 6.68. The van der Waals surface area contributed by atoms with Gasteiger partial charge in [0.05, 0.1) is 12.5 Å². The second-order valence-electron chi connectivity index (χ2n) is 8.98. The molecule has 0 aromatic heterocycles. The highest BCUT2D eigenvalue weighted by atomic mass is 16.2. The van der Waals surface area contributed by atoms with Gasteiger partial charge in [0.1, 0.15) is 5.78 Å². The van der Waals surface area contributed by atoms with Gasteiger partial charge in [0.2, 0.25) is 0 Å². The lowest BCUT2D eigenvalue weighted by Crippen LogP contribution is -2.44. The minimum atomic E-state index is -0.583. The van der Waals surface area contributed by atoms with E-state index in [9.17, 15) is 14.4 Å². The Labute approximate surface area is 190 Å². The highest BCUT2D eigenvalue weighted by Crippen LogP contribution is 2.38. The Morgan fingerprint density at radius 3 is 2.34 bits per heavy atom. The monoisotopic (exact) mass is 429 g/mol. The summed E-state index contributed by atoms with van der Waals surface area (Å²) >= 11 is 0. The first-order chi connectivity index (χ1) is 15.5. The number of benzene rings is 2. The Hall–Kier alpha value is -3.01. The predicted octanol–water partition coefficient (Wildman–Crippen LogP) is 5.98. The number of amides is 1. The van der Waals surface area contributed by atoms with E-state index in [4.69, 9.17) is 0 Å². The van der Waals surface area contributed by atoms with Crippen molar-refractivity contribution in [1.82, 2.24) is 4.90 Å². The first-order valence-corrected chi connectivity index (χ1v) is 11.8. The molecular formula is C28H31NO3. The van der Waals surface area contributed by atoms with E-state index in [1.54, 1.807) is 0 Å². The number of Topliss-reactive ketones (excluding diaryl/α,β-unsaturated/α-hetero) is 2. The Bertz CT molecular complexity index is 1050.